The summed E-state index contributed by atoms with van der Waals surface area (Å²) < 4.78 is 12.9. The van der Waals surface area contributed by atoms with E-state index in [2.05, 4.69) is 10.3 Å². The highest BCUT2D eigenvalue weighted by molar-refractivity contribution is 6.05. The first-order chi connectivity index (χ1) is 13.9. The molecule has 3 aromatic rings. The molecule has 0 radical (unpaired) electrons. The van der Waals surface area contributed by atoms with Crippen LogP contribution in [0, 0.1) is 5.82 Å². The second-order valence-corrected chi connectivity index (χ2v) is 6.58. The van der Waals surface area contributed by atoms with Gasteiger partial charge in [-0.2, -0.15) is 0 Å². The average Bonchev–Trinajstić information content (AvgIpc) is 2.74. The van der Waals surface area contributed by atoms with Crippen LogP contribution in [0.25, 0.3) is 0 Å². The first-order valence-corrected chi connectivity index (χ1v) is 9.08. The molecule has 0 aliphatic heterocycles. The molecule has 2 aromatic carbocycles. The lowest BCUT2D eigenvalue weighted by Crippen LogP contribution is -2.22. The SMILES string of the molecule is Nc1ncccc1NC(=O)c1ccc(C(N)C(=O)CCc2ccc(F)cc2)cc1. The highest BCUT2D eigenvalue weighted by Gasteiger charge is 2.16. The van der Waals surface area contributed by atoms with Crippen LogP contribution in [0.4, 0.5) is 15.9 Å². The van der Waals surface area contributed by atoms with Gasteiger partial charge in [0.25, 0.3) is 5.91 Å². The number of nitrogens with one attached hydrogen (secondary N) is 1. The maximum absolute atomic E-state index is 12.9. The second-order valence-electron chi connectivity index (χ2n) is 6.58. The van der Waals surface area contributed by atoms with E-state index in [1.165, 1.54) is 18.3 Å². The second kappa shape index (κ2) is 9.07. The van der Waals surface area contributed by atoms with Crippen LogP contribution in [-0.2, 0) is 11.2 Å². The first-order valence-electron chi connectivity index (χ1n) is 9.08. The fourth-order valence-corrected chi connectivity index (χ4v) is 2.82. The highest BCUT2D eigenvalue weighted by Crippen LogP contribution is 2.18. The number of anilines is 2. The number of halogens is 1. The molecule has 7 heteroatoms. The lowest BCUT2D eigenvalue weighted by atomic mass is 9.97. The van der Waals surface area contributed by atoms with E-state index in [0.29, 0.717) is 23.2 Å². The third-order valence-electron chi connectivity index (χ3n) is 4.54. The van der Waals surface area contributed by atoms with Crippen molar-refractivity contribution in [1.29, 1.82) is 0 Å². The highest BCUT2D eigenvalue weighted by atomic mass is 19.1. The van der Waals surface area contributed by atoms with Crippen LogP contribution in [0.5, 0.6) is 0 Å². The summed E-state index contributed by atoms with van der Waals surface area (Å²) in [5, 5.41) is 2.69. The van der Waals surface area contributed by atoms with Crippen molar-refractivity contribution < 1.29 is 14.0 Å². The summed E-state index contributed by atoms with van der Waals surface area (Å²) in [4.78, 5) is 28.6. The quantitative estimate of drug-likeness (QED) is 0.571. The summed E-state index contributed by atoms with van der Waals surface area (Å²) >= 11 is 0. The molecule has 3 rings (SSSR count). The van der Waals surface area contributed by atoms with Crippen molar-refractivity contribution in [2.24, 2.45) is 5.73 Å². The molecule has 0 saturated carbocycles. The van der Waals surface area contributed by atoms with E-state index >= 15 is 0 Å². The van der Waals surface area contributed by atoms with E-state index in [9.17, 15) is 14.0 Å². The Morgan fingerprint density at radius 3 is 2.38 bits per heavy atom. The van der Waals surface area contributed by atoms with Crippen molar-refractivity contribution in [3.63, 3.8) is 0 Å². The number of nitrogens with zero attached hydrogens (tertiary/aromatic N) is 1. The van der Waals surface area contributed by atoms with E-state index in [4.69, 9.17) is 11.5 Å². The number of aromatic nitrogens is 1. The van der Waals surface area contributed by atoms with Crippen LogP contribution < -0.4 is 16.8 Å². The smallest absolute Gasteiger partial charge is 0.255 e. The van der Waals surface area contributed by atoms with Crippen molar-refractivity contribution in [3.05, 3.63) is 89.4 Å². The minimum absolute atomic E-state index is 0.130. The van der Waals surface area contributed by atoms with Crippen molar-refractivity contribution in [2.75, 3.05) is 11.1 Å². The topological polar surface area (TPSA) is 111 Å². The Kier molecular flexibility index (Phi) is 6.31. The number of hydrogen-bond acceptors (Lipinski definition) is 5. The molecular formula is C22H21FN4O2. The largest absolute Gasteiger partial charge is 0.382 e. The number of benzene rings is 2. The molecule has 1 amide bonds. The Balaban J connectivity index is 1.59. The maximum atomic E-state index is 12.9. The number of carbonyl (C=O) groups excluding carboxylic acids is 2. The van der Waals surface area contributed by atoms with E-state index in [0.717, 1.165) is 5.56 Å². The molecule has 1 atom stereocenters. The third kappa shape index (κ3) is 5.24. The molecule has 0 spiro atoms. The Bertz CT molecular complexity index is 1000. The number of hydrogen-bond donors (Lipinski definition) is 3. The van der Waals surface area contributed by atoms with E-state index in [-0.39, 0.29) is 29.7 Å². The van der Waals surface area contributed by atoms with Crippen LogP contribution in [0.2, 0.25) is 0 Å². The van der Waals surface area contributed by atoms with Crippen molar-refractivity contribution in [2.45, 2.75) is 18.9 Å². The molecule has 1 heterocycles. The molecular weight excluding hydrogens is 371 g/mol. The Morgan fingerprint density at radius 1 is 1.03 bits per heavy atom. The lowest BCUT2D eigenvalue weighted by molar-refractivity contribution is -0.120. The number of Topliss-reactive ketones (excluding diaryl/α,β-unsaturated/α-hetero) is 1. The van der Waals surface area contributed by atoms with E-state index < -0.39 is 6.04 Å². The average molecular weight is 392 g/mol. The molecule has 148 valence electrons. The third-order valence-corrected chi connectivity index (χ3v) is 4.54. The van der Waals surface area contributed by atoms with Crippen LogP contribution in [-0.4, -0.2) is 16.7 Å². The predicted molar refractivity (Wildman–Crippen MR) is 110 cm³/mol. The maximum Gasteiger partial charge on any atom is 0.255 e. The summed E-state index contributed by atoms with van der Waals surface area (Å²) in [7, 11) is 0. The molecule has 5 N–H and O–H groups in total. The monoisotopic (exact) mass is 392 g/mol. The zero-order chi connectivity index (χ0) is 20.8. The minimum atomic E-state index is -0.790. The summed E-state index contributed by atoms with van der Waals surface area (Å²) in [6.07, 6.45) is 2.27. The van der Waals surface area contributed by atoms with E-state index in [1.807, 2.05) is 0 Å². The zero-order valence-electron chi connectivity index (χ0n) is 15.6. The normalized spacial score (nSPS) is 11.7. The number of pyridine rings is 1. The first kappa shape index (κ1) is 20.2. The standard InChI is InChI=1S/C22H21FN4O2/c23-17-10-3-14(4-11-17)5-12-19(28)20(24)15-6-8-16(9-7-15)22(29)27-18-2-1-13-26-21(18)25/h1-4,6-11,13,20H,5,12,24H2,(H2,25,26)(H,27,29). The minimum Gasteiger partial charge on any atom is -0.382 e. The fraction of sp³-hybridized carbons (Fsp3) is 0.136. The van der Waals surface area contributed by atoms with Gasteiger partial charge in [-0.25, -0.2) is 9.37 Å². The fourth-order valence-electron chi connectivity index (χ4n) is 2.82. The molecule has 0 fully saturated rings. The lowest BCUT2D eigenvalue weighted by Gasteiger charge is -2.12. The van der Waals surface area contributed by atoms with Gasteiger partial charge in [0.15, 0.2) is 5.78 Å². The molecule has 6 nitrogen and oxygen atoms in total. The van der Waals surface area contributed by atoms with Crippen molar-refractivity contribution >= 4 is 23.2 Å². The van der Waals surface area contributed by atoms with Gasteiger partial charge in [-0.15, -0.1) is 0 Å². The van der Waals surface area contributed by atoms with Crippen LogP contribution in [0.3, 0.4) is 0 Å². The number of ketones is 1. The molecule has 1 unspecified atom stereocenters. The van der Waals surface area contributed by atoms with E-state index in [1.54, 1.807) is 48.5 Å². The summed E-state index contributed by atoms with van der Waals surface area (Å²) in [5.74, 6) is -0.555. The van der Waals surface area contributed by atoms with Gasteiger partial charge in [0, 0.05) is 18.2 Å². The molecule has 29 heavy (non-hydrogen) atoms. The van der Waals surface area contributed by atoms with Crippen molar-refractivity contribution in [3.8, 4) is 0 Å². The van der Waals surface area contributed by atoms with Crippen LogP contribution in [0.1, 0.15) is 33.9 Å². The number of aryl methyl sites for hydroxylation is 1. The summed E-state index contributed by atoms with van der Waals surface area (Å²) in [6.45, 7) is 0. The van der Waals surface area contributed by atoms with Gasteiger partial charge in [-0.05, 0) is 53.9 Å². The van der Waals surface area contributed by atoms with Gasteiger partial charge in [-0.3, -0.25) is 9.59 Å². The van der Waals surface area contributed by atoms with Crippen LogP contribution >= 0.6 is 0 Å². The van der Waals surface area contributed by atoms with Crippen molar-refractivity contribution in [1.82, 2.24) is 4.98 Å². The number of nitrogen functional groups attached to an aromatic ring is 1. The van der Waals surface area contributed by atoms with Gasteiger partial charge in [0.1, 0.15) is 11.6 Å². The van der Waals surface area contributed by atoms with Gasteiger partial charge in [-0.1, -0.05) is 24.3 Å². The molecule has 0 aliphatic rings. The molecule has 0 bridgehead atoms. The van der Waals surface area contributed by atoms with Gasteiger partial charge >= 0.3 is 0 Å². The Hall–Kier alpha value is -3.58. The summed E-state index contributed by atoms with van der Waals surface area (Å²) in [6, 6.07) is 15.1. The van der Waals surface area contributed by atoms with Gasteiger partial charge in [0.2, 0.25) is 0 Å². The Morgan fingerprint density at radius 2 is 1.72 bits per heavy atom. The Labute approximate surface area is 167 Å². The predicted octanol–water partition coefficient (Wildman–Crippen LogP) is 3.26. The van der Waals surface area contributed by atoms with Gasteiger partial charge in [0.05, 0.1) is 11.7 Å². The van der Waals surface area contributed by atoms with Crippen LogP contribution in [0.15, 0.2) is 66.9 Å². The van der Waals surface area contributed by atoms with Gasteiger partial charge < -0.3 is 16.8 Å². The summed E-state index contributed by atoms with van der Waals surface area (Å²) in [5.41, 5.74) is 14.1. The zero-order valence-corrected chi connectivity index (χ0v) is 15.6. The number of amides is 1. The number of carbonyl (C=O) groups is 2. The number of rotatable bonds is 7. The molecule has 0 saturated heterocycles. The molecule has 1 aromatic heterocycles. The number of nitrogens with two attached hydrogens (primary N) is 2. The molecule has 0 aliphatic carbocycles.